The highest BCUT2D eigenvalue weighted by Crippen LogP contribution is 2.35. The average molecular weight is 365 g/mol. The fraction of sp³-hybridized carbons (Fsp3) is 0.556. The van der Waals surface area contributed by atoms with Crippen LogP contribution >= 0.6 is 0 Å². The fourth-order valence-corrected chi connectivity index (χ4v) is 3.27. The number of benzene rings is 1. The molecule has 1 N–H and O–H groups in total. The van der Waals surface area contributed by atoms with E-state index in [1.54, 1.807) is 0 Å². The monoisotopic (exact) mass is 365 g/mol. The van der Waals surface area contributed by atoms with Gasteiger partial charge in [-0.15, -0.1) is 0 Å². The van der Waals surface area contributed by atoms with E-state index in [4.69, 9.17) is 23.7 Å². The normalized spacial score (nSPS) is 33.8. The maximum atomic E-state index is 11.7. The molecule has 0 spiro atoms. The Morgan fingerprint density at radius 3 is 2.50 bits per heavy atom. The molecule has 2 aliphatic rings. The van der Waals surface area contributed by atoms with Crippen LogP contribution in [0.25, 0.3) is 0 Å². The number of rotatable bonds is 4. The molecular weight excluding hydrogens is 342 g/mol. The summed E-state index contributed by atoms with van der Waals surface area (Å²) in [6, 6.07) is 8.75. The van der Waals surface area contributed by atoms with Crippen molar-refractivity contribution >= 4 is 11.9 Å². The minimum atomic E-state index is -0.787. The van der Waals surface area contributed by atoms with Gasteiger partial charge in [0.1, 0.15) is 18.2 Å². The summed E-state index contributed by atoms with van der Waals surface area (Å²) in [4.78, 5) is 23.3. The lowest BCUT2D eigenvalue weighted by Gasteiger charge is -2.48. The topological polar surface area (TPSA) is 92.3 Å². The molecule has 8 heteroatoms. The summed E-state index contributed by atoms with van der Waals surface area (Å²) >= 11 is 0. The highest BCUT2D eigenvalue weighted by Gasteiger charge is 2.52. The van der Waals surface area contributed by atoms with Crippen LogP contribution in [0.3, 0.4) is 0 Å². The summed E-state index contributed by atoms with van der Waals surface area (Å²) in [7, 11) is 1.46. The van der Waals surface area contributed by atoms with Gasteiger partial charge in [0.2, 0.25) is 5.91 Å². The van der Waals surface area contributed by atoms with Crippen molar-refractivity contribution in [2.24, 2.45) is 0 Å². The van der Waals surface area contributed by atoms with Crippen molar-refractivity contribution in [3.8, 4) is 0 Å². The Balaban J connectivity index is 1.86. The Bertz CT molecular complexity index is 638. The first-order valence-corrected chi connectivity index (χ1v) is 8.44. The molecule has 142 valence electrons. The van der Waals surface area contributed by atoms with Gasteiger partial charge in [0, 0.05) is 26.5 Å². The molecule has 0 saturated carbocycles. The van der Waals surface area contributed by atoms with Gasteiger partial charge < -0.3 is 29.0 Å². The quantitative estimate of drug-likeness (QED) is 0.793. The number of ether oxygens (including phenoxy) is 5. The van der Waals surface area contributed by atoms with Gasteiger partial charge in [-0.2, -0.15) is 0 Å². The van der Waals surface area contributed by atoms with E-state index in [1.807, 2.05) is 30.3 Å². The number of hydrogen-bond acceptors (Lipinski definition) is 7. The Labute approximate surface area is 151 Å². The lowest BCUT2D eigenvalue weighted by Crippen LogP contribution is -2.67. The highest BCUT2D eigenvalue weighted by molar-refractivity contribution is 5.73. The zero-order valence-electron chi connectivity index (χ0n) is 14.9. The van der Waals surface area contributed by atoms with Gasteiger partial charge in [-0.3, -0.25) is 9.59 Å². The van der Waals surface area contributed by atoms with Gasteiger partial charge in [-0.1, -0.05) is 30.3 Å². The van der Waals surface area contributed by atoms with Crippen molar-refractivity contribution in [2.75, 3.05) is 13.7 Å². The summed E-state index contributed by atoms with van der Waals surface area (Å²) < 4.78 is 28.5. The molecule has 2 saturated heterocycles. The summed E-state index contributed by atoms with van der Waals surface area (Å²) in [6.45, 7) is 2.93. The molecule has 0 aromatic heterocycles. The highest BCUT2D eigenvalue weighted by atomic mass is 16.7. The standard InChI is InChI=1S/C18H23NO7/c1-10(20)19-14-16(24-11(2)21)15-13(25-18(14)22-3)9-23-17(26-15)12-7-5-4-6-8-12/h4-8,13-18H,9H2,1-3H3,(H,19,20)/t13-,14-,15-,16-,17-,18+/m1/s1. The molecule has 2 fully saturated rings. The molecule has 1 aromatic carbocycles. The van der Waals surface area contributed by atoms with Crippen LogP contribution in [0, 0.1) is 0 Å². The van der Waals surface area contributed by atoms with Crippen LogP contribution in [0.5, 0.6) is 0 Å². The Hall–Kier alpha value is -2.00. The maximum Gasteiger partial charge on any atom is 0.303 e. The van der Waals surface area contributed by atoms with E-state index in [0.29, 0.717) is 0 Å². The number of carbonyl (C=O) groups is 2. The molecule has 0 radical (unpaired) electrons. The average Bonchev–Trinajstić information content (AvgIpc) is 2.63. The fourth-order valence-electron chi connectivity index (χ4n) is 3.27. The Morgan fingerprint density at radius 2 is 1.88 bits per heavy atom. The van der Waals surface area contributed by atoms with Crippen LogP contribution in [0.4, 0.5) is 0 Å². The van der Waals surface area contributed by atoms with E-state index in [-0.39, 0.29) is 12.5 Å². The molecule has 0 unspecified atom stereocenters. The molecule has 2 aliphatic heterocycles. The third-order valence-electron chi connectivity index (χ3n) is 4.31. The number of hydrogen-bond donors (Lipinski definition) is 1. The van der Waals surface area contributed by atoms with Crippen LogP contribution in [0.15, 0.2) is 30.3 Å². The largest absolute Gasteiger partial charge is 0.457 e. The van der Waals surface area contributed by atoms with Crippen molar-refractivity contribution in [1.29, 1.82) is 0 Å². The van der Waals surface area contributed by atoms with Crippen LogP contribution in [0.1, 0.15) is 25.7 Å². The number of esters is 1. The number of carbonyl (C=O) groups excluding carboxylic acids is 2. The summed E-state index contributed by atoms with van der Waals surface area (Å²) in [5.41, 5.74) is 0.845. The molecule has 3 rings (SSSR count). The van der Waals surface area contributed by atoms with Crippen LogP contribution in [-0.4, -0.2) is 56.2 Å². The van der Waals surface area contributed by atoms with Crippen molar-refractivity contribution in [3.63, 3.8) is 0 Å². The lowest BCUT2D eigenvalue weighted by atomic mass is 9.95. The zero-order chi connectivity index (χ0) is 18.7. The second-order valence-electron chi connectivity index (χ2n) is 6.26. The van der Waals surface area contributed by atoms with Crippen molar-refractivity contribution in [2.45, 2.75) is 50.8 Å². The SMILES string of the molecule is CO[C@H]1O[C@@H]2CO[C@@H](c3ccccc3)O[C@H]2[C@H](OC(C)=O)[C@H]1NC(C)=O. The molecule has 1 amide bonds. The molecule has 26 heavy (non-hydrogen) atoms. The minimum Gasteiger partial charge on any atom is -0.457 e. The van der Waals surface area contributed by atoms with Gasteiger partial charge in [0.05, 0.1) is 6.61 Å². The number of nitrogens with one attached hydrogen (secondary N) is 1. The lowest BCUT2D eigenvalue weighted by molar-refractivity contribution is -0.341. The molecule has 0 bridgehead atoms. The first kappa shape index (κ1) is 18.8. The van der Waals surface area contributed by atoms with E-state index < -0.39 is 42.9 Å². The number of fused-ring (bicyclic) bond motifs is 1. The van der Waals surface area contributed by atoms with Crippen molar-refractivity contribution < 1.29 is 33.3 Å². The van der Waals surface area contributed by atoms with E-state index in [1.165, 1.54) is 21.0 Å². The smallest absolute Gasteiger partial charge is 0.303 e. The number of methoxy groups -OCH3 is 1. The zero-order valence-corrected chi connectivity index (χ0v) is 14.9. The summed E-state index contributed by atoms with van der Waals surface area (Å²) in [6.07, 6.45) is -3.27. The predicted molar refractivity (Wildman–Crippen MR) is 88.8 cm³/mol. The molecular formula is C18H23NO7. The van der Waals surface area contributed by atoms with Gasteiger partial charge in [0.25, 0.3) is 0 Å². The van der Waals surface area contributed by atoms with Gasteiger partial charge in [-0.05, 0) is 0 Å². The summed E-state index contributed by atoms with van der Waals surface area (Å²) in [5, 5.41) is 2.74. The molecule has 2 heterocycles. The Morgan fingerprint density at radius 1 is 1.15 bits per heavy atom. The van der Waals surface area contributed by atoms with Gasteiger partial charge in [-0.25, -0.2) is 0 Å². The Kier molecular flexibility index (Phi) is 5.87. The molecule has 1 aromatic rings. The van der Waals surface area contributed by atoms with Gasteiger partial charge in [0.15, 0.2) is 18.7 Å². The van der Waals surface area contributed by atoms with E-state index in [0.717, 1.165) is 5.56 Å². The first-order chi connectivity index (χ1) is 12.5. The van der Waals surface area contributed by atoms with Crippen molar-refractivity contribution in [1.82, 2.24) is 5.32 Å². The third-order valence-corrected chi connectivity index (χ3v) is 4.31. The maximum absolute atomic E-state index is 11.7. The third kappa shape index (κ3) is 4.04. The van der Waals surface area contributed by atoms with Crippen LogP contribution in [0.2, 0.25) is 0 Å². The first-order valence-electron chi connectivity index (χ1n) is 8.44. The minimum absolute atomic E-state index is 0.245. The molecule has 0 aliphatic carbocycles. The van der Waals surface area contributed by atoms with Crippen LogP contribution in [-0.2, 0) is 33.3 Å². The second kappa shape index (κ2) is 8.13. The van der Waals surface area contributed by atoms with Crippen LogP contribution < -0.4 is 5.32 Å². The summed E-state index contributed by atoms with van der Waals surface area (Å²) in [5.74, 6) is -0.768. The molecule has 6 atom stereocenters. The molecule has 8 nitrogen and oxygen atoms in total. The van der Waals surface area contributed by atoms with E-state index in [2.05, 4.69) is 5.32 Å². The number of amides is 1. The second-order valence-corrected chi connectivity index (χ2v) is 6.26. The van der Waals surface area contributed by atoms with E-state index >= 15 is 0 Å². The van der Waals surface area contributed by atoms with Gasteiger partial charge >= 0.3 is 5.97 Å². The predicted octanol–water partition coefficient (Wildman–Crippen LogP) is 0.908. The van der Waals surface area contributed by atoms with E-state index in [9.17, 15) is 9.59 Å². The van der Waals surface area contributed by atoms with Crippen molar-refractivity contribution in [3.05, 3.63) is 35.9 Å².